The van der Waals surface area contributed by atoms with Crippen LogP contribution in [0.5, 0.6) is 5.75 Å². The first-order valence-electron chi connectivity index (χ1n) is 6.42. The molecule has 5 heteroatoms. The molecule has 0 bridgehead atoms. The normalized spacial score (nSPS) is 21.6. The molecule has 0 radical (unpaired) electrons. The monoisotopic (exact) mass is 303 g/mol. The number of likely N-dealkylation sites (tertiary alicyclic amines) is 1. The molecule has 2 rings (SSSR count). The van der Waals surface area contributed by atoms with Gasteiger partial charge in [-0.2, -0.15) is 0 Å². The van der Waals surface area contributed by atoms with Crippen LogP contribution in [0, 0.1) is 0 Å². The lowest BCUT2D eigenvalue weighted by Crippen LogP contribution is -2.41. The summed E-state index contributed by atoms with van der Waals surface area (Å²) in [6.07, 6.45) is 2.42. The maximum atomic E-state index is 5.95. The molecule has 0 amide bonds. The summed E-state index contributed by atoms with van der Waals surface area (Å²) in [5.74, 6) is 0.681. The molecule has 2 unspecified atom stereocenters. The van der Waals surface area contributed by atoms with Gasteiger partial charge in [0.2, 0.25) is 0 Å². The fourth-order valence-electron chi connectivity index (χ4n) is 2.53. The molecule has 1 aromatic carbocycles. The maximum Gasteiger partial charge on any atom is 0.122 e. The molecule has 3 nitrogen and oxygen atoms in total. The van der Waals surface area contributed by atoms with Gasteiger partial charge in [0, 0.05) is 23.2 Å². The van der Waals surface area contributed by atoms with E-state index in [1.165, 1.54) is 6.42 Å². The number of ether oxygens (including phenoxy) is 2. The van der Waals surface area contributed by atoms with Crippen LogP contribution in [0.1, 0.15) is 12.8 Å². The van der Waals surface area contributed by atoms with Crippen LogP contribution in [-0.4, -0.2) is 44.4 Å². The minimum absolute atomic E-state index is 0.0604. The molecule has 1 aliphatic heterocycles. The van der Waals surface area contributed by atoms with Crippen LogP contribution in [0.3, 0.4) is 0 Å². The van der Waals surface area contributed by atoms with Crippen molar-refractivity contribution in [1.82, 2.24) is 4.90 Å². The Kier molecular flexibility index (Phi) is 5.34. The molecule has 106 valence electrons. The summed E-state index contributed by atoms with van der Waals surface area (Å²) in [5.41, 5.74) is 0. The predicted molar refractivity (Wildman–Crippen MR) is 78.4 cm³/mol. The summed E-state index contributed by atoms with van der Waals surface area (Å²) in [6.45, 7) is 1.62. The van der Waals surface area contributed by atoms with Gasteiger partial charge in [-0.05, 0) is 44.6 Å². The van der Waals surface area contributed by atoms with E-state index < -0.39 is 0 Å². The summed E-state index contributed by atoms with van der Waals surface area (Å²) in [6, 6.07) is 5.63. The highest BCUT2D eigenvalue weighted by atomic mass is 35.5. The number of halogens is 2. The maximum absolute atomic E-state index is 5.95. The second-order valence-corrected chi connectivity index (χ2v) is 5.75. The highest BCUT2D eigenvalue weighted by Crippen LogP contribution is 2.25. The van der Waals surface area contributed by atoms with Crippen LogP contribution in [0.2, 0.25) is 10.0 Å². The Bertz CT molecular complexity index is 408. The molecule has 2 atom stereocenters. The Morgan fingerprint density at radius 2 is 2.00 bits per heavy atom. The molecule has 1 saturated heterocycles. The van der Waals surface area contributed by atoms with Crippen molar-refractivity contribution < 1.29 is 9.47 Å². The van der Waals surface area contributed by atoms with Gasteiger partial charge in [-0.15, -0.1) is 0 Å². The van der Waals surface area contributed by atoms with Crippen molar-refractivity contribution >= 4 is 23.2 Å². The summed E-state index contributed by atoms with van der Waals surface area (Å²) >= 11 is 11.9. The average molecular weight is 304 g/mol. The van der Waals surface area contributed by atoms with Crippen LogP contribution in [0.25, 0.3) is 0 Å². The molecule has 1 heterocycles. The van der Waals surface area contributed by atoms with E-state index in [9.17, 15) is 0 Å². The Labute approximate surface area is 124 Å². The van der Waals surface area contributed by atoms with Gasteiger partial charge in [0.05, 0.1) is 0 Å². The minimum Gasteiger partial charge on any atom is -0.491 e. The largest absolute Gasteiger partial charge is 0.491 e. The quantitative estimate of drug-likeness (QED) is 0.831. The molecule has 1 fully saturated rings. The van der Waals surface area contributed by atoms with Crippen LogP contribution < -0.4 is 4.74 Å². The average Bonchev–Trinajstić information content (AvgIpc) is 2.75. The molecule has 1 aromatic rings. The minimum atomic E-state index is 0.0604. The molecule has 1 aliphatic rings. The van der Waals surface area contributed by atoms with Gasteiger partial charge in [0.15, 0.2) is 0 Å². The van der Waals surface area contributed by atoms with Crippen molar-refractivity contribution in [3.8, 4) is 5.75 Å². The first-order chi connectivity index (χ1) is 9.10. The van der Waals surface area contributed by atoms with Gasteiger partial charge >= 0.3 is 0 Å². The van der Waals surface area contributed by atoms with E-state index >= 15 is 0 Å². The lowest BCUT2D eigenvalue weighted by Gasteiger charge is -2.27. The molecule has 19 heavy (non-hydrogen) atoms. The molecule has 0 spiro atoms. The zero-order chi connectivity index (χ0) is 13.8. The summed E-state index contributed by atoms with van der Waals surface area (Å²) in [4.78, 5) is 2.32. The van der Waals surface area contributed by atoms with Crippen LogP contribution in [-0.2, 0) is 4.74 Å². The van der Waals surface area contributed by atoms with Gasteiger partial charge in [-0.25, -0.2) is 0 Å². The Hall–Kier alpha value is -0.480. The van der Waals surface area contributed by atoms with E-state index in [1.807, 2.05) is 0 Å². The Morgan fingerprint density at radius 3 is 2.53 bits per heavy atom. The number of hydrogen-bond acceptors (Lipinski definition) is 3. The molecule has 0 N–H and O–H groups in total. The van der Waals surface area contributed by atoms with E-state index in [1.54, 1.807) is 25.3 Å². The molecular weight excluding hydrogens is 285 g/mol. The van der Waals surface area contributed by atoms with Gasteiger partial charge in [-0.3, -0.25) is 0 Å². The number of benzene rings is 1. The fraction of sp³-hybridized carbons (Fsp3) is 0.571. The predicted octanol–water partition coefficient (Wildman–Crippen LogP) is 3.48. The fourth-order valence-corrected chi connectivity index (χ4v) is 3.04. The van der Waals surface area contributed by atoms with E-state index in [4.69, 9.17) is 32.7 Å². The van der Waals surface area contributed by atoms with Crippen molar-refractivity contribution in [1.29, 1.82) is 0 Å². The summed E-state index contributed by atoms with van der Waals surface area (Å²) in [7, 11) is 3.85. The highest BCUT2D eigenvalue weighted by molar-refractivity contribution is 6.34. The lowest BCUT2D eigenvalue weighted by molar-refractivity contribution is 0.00714. The van der Waals surface area contributed by atoms with Gasteiger partial charge in [-0.1, -0.05) is 23.2 Å². The number of likely N-dealkylation sites (N-methyl/N-ethyl adjacent to an activating group) is 1. The second kappa shape index (κ2) is 6.80. The third kappa shape index (κ3) is 3.99. The topological polar surface area (TPSA) is 21.7 Å². The first-order valence-corrected chi connectivity index (χ1v) is 7.17. The van der Waals surface area contributed by atoms with E-state index in [-0.39, 0.29) is 6.10 Å². The molecule has 0 saturated carbocycles. The van der Waals surface area contributed by atoms with Crippen LogP contribution >= 0.6 is 23.2 Å². The first kappa shape index (κ1) is 14.9. The van der Waals surface area contributed by atoms with Crippen molar-refractivity contribution in [3.05, 3.63) is 28.2 Å². The SMILES string of the molecule is COC(COc1cc(Cl)cc(Cl)c1)C1CCCN1C. The number of rotatable bonds is 5. The zero-order valence-electron chi connectivity index (χ0n) is 11.2. The van der Waals surface area contributed by atoms with Crippen molar-refractivity contribution in [3.63, 3.8) is 0 Å². The number of methoxy groups -OCH3 is 1. The molecule has 0 aromatic heterocycles. The standard InChI is InChI=1S/C14H19Cl2NO2/c1-17-5-3-4-13(17)14(18-2)9-19-12-7-10(15)6-11(16)8-12/h6-8,13-14H,3-5,9H2,1-2H3. The van der Waals surface area contributed by atoms with Crippen molar-refractivity contribution in [2.24, 2.45) is 0 Å². The van der Waals surface area contributed by atoms with Crippen LogP contribution in [0.4, 0.5) is 0 Å². The summed E-state index contributed by atoms with van der Waals surface area (Å²) in [5, 5.41) is 1.16. The molecular formula is C14H19Cl2NO2. The Balaban J connectivity index is 1.95. The second-order valence-electron chi connectivity index (χ2n) is 4.88. The Morgan fingerprint density at radius 1 is 1.32 bits per heavy atom. The van der Waals surface area contributed by atoms with E-state index in [2.05, 4.69) is 11.9 Å². The van der Waals surface area contributed by atoms with Gasteiger partial charge in [0.1, 0.15) is 18.5 Å². The lowest BCUT2D eigenvalue weighted by atomic mass is 10.1. The van der Waals surface area contributed by atoms with E-state index in [0.29, 0.717) is 28.4 Å². The van der Waals surface area contributed by atoms with Gasteiger partial charge in [0.25, 0.3) is 0 Å². The number of nitrogens with zero attached hydrogens (tertiary/aromatic N) is 1. The molecule has 0 aliphatic carbocycles. The third-order valence-corrected chi connectivity index (χ3v) is 4.00. The smallest absolute Gasteiger partial charge is 0.122 e. The number of hydrogen-bond donors (Lipinski definition) is 0. The van der Waals surface area contributed by atoms with Crippen molar-refractivity contribution in [2.75, 3.05) is 27.3 Å². The van der Waals surface area contributed by atoms with E-state index in [0.717, 1.165) is 13.0 Å². The summed E-state index contributed by atoms with van der Waals surface area (Å²) < 4.78 is 11.3. The third-order valence-electron chi connectivity index (χ3n) is 3.56. The van der Waals surface area contributed by atoms with Gasteiger partial charge < -0.3 is 14.4 Å². The highest BCUT2D eigenvalue weighted by Gasteiger charge is 2.29. The zero-order valence-corrected chi connectivity index (χ0v) is 12.7. The van der Waals surface area contributed by atoms with Crippen LogP contribution in [0.15, 0.2) is 18.2 Å². The van der Waals surface area contributed by atoms with Crippen molar-refractivity contribution in [2.45, 2.75) is 25.0 Å².